The molecule has 27 heavy (non-hydrogen) atoms. The van der Waals surface area contributed by atoms with Gasteiger partial charge in [-0.25, -0.2) is 4.79 Å². The zero-order valence-corrected chi connectivity index (χ0v) is 16.4. The first-order valence-corrected chi connectivity index (χ1v) is 9.56. The van der Waals surface area contributed by atoms with Crippen molar-refractivity contribution in [2.75, 3.05) is 60.0 Å². The second-order valence-corrected chi connectivity index (χ2v) is 7.14. The van der Waals surface area contributed by atoms with Crippen molar-refractivity contribution in [3.8, 4) is 5.75 Å². The van der Waals surface area contributed by atoms with Gasteiger partial charge in [0, 0.05) is 40.3 Å². The molecule has 0 aromatic heterocycles. The number of carbonyl (C=O) groups excluding carboxylic acids is 1. The summed E-state index contributed by atoms with van der Waals surface area (Å²) in [7, 11) is 3.60. The van der Waals surface area contributed by atoms with E-state index in [1.54, 1.807) is 43.3 Å². The lowest BCUT2D eigenvalue weighted by molar-refractivity contribution is -0.130. The van der Waals surface area contributed by atoms with E-state index < -0.39 is 5.97 Å². The summed E-state index contributed by atoms with van der Waals surface area (Å²) in [6.45, 7) is 6.20. The summed E-state index contributed by atoms with van der Waals surface area (Å²) in [5.74, 6) is -0.0453. The van der Waals surface area contributed by atoms with Crippen molar-refractivity contribution in [2.45, 2.75) is 19.3 Å². The lowest BCUT2D eigenvalue weighted by Gasteiger charge is -2.34. The molecule has 2 rings (SSSR count). The number of hydrogen-bond acceptors (Lipinski definition) is 5. The molecule has 1 saturated heterocycles. The van der Waals surface area contributed by atoms with E-state index in [-0.39, 0.29) is 11.5 Å². The average molecular weight is 377 g/mol. The molecule has 0 spiro atoms. The molecule has 0 radical (unpaired) electrons. The number of nitrogens with zero attached hydrogens (tertiary/aromatic N) is 3. The topological polar surface area (TPSA) is 73.3 Å². The van der Waals surface area contributed by atoms with Gasteiger partial charge in [0.25, 0.3) is 0 Å². The van der Waals surface area contributed by atoms with Crippen LogP contribution >= 0.6 is 0 Å². The zero-order chi connectivity index (χ0) is 19.6. The fraction of sp³-hybridized carbons (Fsp3) is 0.600. The molecule has 0 atom stereocenters. The maximum absolute atomic E-state index is 11.7. The molecule has 1 N–H and O–H groups in total. The fourth-order valence-electron chi connectivity index (χ4n) is 3.00. The lowest BCUT2D eigenvalue weighted by atomic mass is 10.2. The molecule has 0 saturated carbocycles. The Labute approximate surface area is 161 Å². The van der Waals surface area contributed by atoms with Crippen LogP contribution in [0.1, 0.15) is 29.6 Å². The summed E-state index contributed by atoms with van der Waals surface area (Å²) < 4.78 is 5.65. The highest BCUT2D eigenvalue weighted by Crippen LogP contribution is 2.13. The molecule has 7 heteroatoms. The van der Waals surface area contributed by atoms with E-state index in [0.29, 0.717) is 18.9 Å². The van der Waals surface area contributed by atoms with Crippen LogP contribution in [0.2, 0.25) is 0 Å². The number of piperazine rings is 1. The molecule has 1 amide bonds. The summed E-state index contributed by atoms with van der Waals surface area (Å²) in [4.78, 5) is 28.9. The van der Waals surface area contributed by atoms with Crippen LogP contribution in [0.3, 0.4) is 0 Å². The molecule has 150 valence electrons. The molecule has 1 fully saturated rings. The maximum atomic E-state index is 11.7. The van der Waals surface area contributed by atoms with Gasteiger partial charge in [0.1, 0.15) is 5.75 Å². The maximum Gasteiger partial charge on any atom is 0.335 e. The van der Waals surface area contributed by atoms with E-state index in [1.807, 2.05) is 0 Å². The smallest absolute Gasteiger partial charge is 0.335 e. The Balaban J connectivity index is 1.51. The minimum Gasteiger partial charge on any atom is -0.494 e. The Morgan fingerprint density at radius 2 is 1.63 bits per heavy atom. The lowest BCUT2D eigenvalue weighted by Crippen LogP contribution is -2.49. The quantitative estimate of drug-likeness (QED) is 0.625. The monoisotopic (exact) mass is 377 g/mol. The zero-order valence-electron chi connectivity index (χ0n) is 16.4. The van der Waals surface area contributed by atoms with Gasteiger partial charge in [-0.05, 0) is 50.1 Å². The number of hydrogen-bond donors (Lipinski definition) is 1. The first-order valence-electron chi connectivity index (χ1n) is 9.56. The van der Waals surface area contributed by atoms with Gasteiger partial charge in [0.05, 0.1) is 18.7 Å². The predicted octanol–water partition coefficient (Wildman–Crippen LogP) is 1.64. The van der Waals surface area contributed by atoms with Gasteiger partial charge in [-0.1, -0.05) is 0 Å². The van der Waals surface area contributed by atoms with Gasteiger partial charge in [0.2, 0.25) is 5.91 Å². The highest BCUT2D eigenvalue weighted by molar-refractivity contribution is 5.87. The van der Waals surface area contributed by atoms with Gasteiger partial charge in [-0.3, -0.25) is 9.69 Å². The Bertz CT molecular complexity index is 596. The fourth-order valence-corrected chi connectivity index (χ4v) is 3.00. The van der Waals surface area contributed by atoms with Crippen LogP contribution in [0, 0.1) is 0 Å². The molecular weight excluding hydrogens is 346 g/mol. The number of ether oxygens (including phenoxy) is 1. The summed E-state index contributed by atoms with van der Waals surface area (Å²) in [5.41, 5.74) is 0.272. The van der Waals surface area contributed by atoms with E-state index in [0.717, 1.165) is 52.0 Å². The van der Waals surface area contributed by atoms with Gasteiger partial charge in [-0.15, -0.1) is 0 Å². The van der Waals surface area contributed by atoms with Crippen LogP contribution in [-0.4, -0.2) is 91.7 Å². The summed E-state index contributed by atoms with van der Waals surface area (Å²) in [6.07, 6.45) is 3.22. The number of carbonyl (C=O) groups is 2. The average Bonchev–Trinajstić information content (AvgIpc) is 2.66. The molecule has 0 bridgehead atoms. The summed E-state index contributed by atoms with van der Waals surface area (Å²) in [5, 5.41) is 8.87. The minimum atomic E-state index is -0.924. The van der Waals surface area contributed by atoms with E-state index in [2.05, 4.69) is 9.80 Å². The second-order valence-electron chi connectivity index (χ2n) is 7.14. The van der Waals surface area contributed by atoms with Crippen LogP contribution in [0.25, 0.3) is 0 Å². The molecule has 0 aliphatic carbocycles. The molecule has 1 aromatic rings. The van der Waals surface area contributed by atoms with Crippen molar-refractivity contribution >= 4 is 11.9 Å². The third kappa shape index (κ3) is 7.56. The van der Waals surface area contributed by atoms with Crippen molar-refractivity contribution in [3.63, 3.8) is 0 Å². The van der Waals surface area contributed by atoms with Crippen molar-refractivity contribution in [3.05, 3.63) is 29.8 Å². The Hall–Kier alpha value is -2.12. The third-order valence-electron chi connectivity index (χ3n) is 4.81. The second kappa shape index (κ2) is 10.9. The van der Waals surface area contributed by atoms with Gasteiger partial charge >= 0.3 is 5.97 Å². The van der Waals surface area contributed by atoms with E-state index in [9.17, 15) is 9.59 Å². The Morgan fingerprint density at radius 1 is 1.00 bits per heavy atom. The van der Waals surface area contributed by atoms with E-state index in [1.165, 1.54) is 0 Å². The normalized spacial score (nSPS) is 15.5. The first kappa shape index (κ1) is 21.2. The molecule has 7 nitrogen and oxygen atoms in total. The standard InChI is InChI=1S/C20H31N3O4/c1-21(2)19(24)16-23-13-11-22(12-14-23)10-4-3-5-15-27-18-8-6-17(7-9-18)20(25)26/h6-9H,3-5,10-16H2,1-2H3,(H,25,26). The number of amides is 1. The van der Waals surface area contributed by atoms with E-state index >= 15 is 0 Å². The van der Waals surface area contributed by atoms with Crippen molar-refractivity contribution in [1.82, 2.24) is 14.7 Å². The van der Waals surface area contributed by atoms with Crippen LogP contribution in [-0.2, 0) is 4.79 Å². The largest absolute Gasteiger partial charge is 0.494 e. The number of carboxylic acid groups (broad SMARTS) is 1. The molecule has 1 aliphatic heterocycles. The van der Waals surface area contributed by atoms with Crippen LogP contribution in [0.4, 0.5) is 0 Å². The van der Waals surface area contributed by atoms with Gasteiger partial charge in [-0.2, -0.15) is 0 Å². The Morgan fingerprint density at radius 3 is 2.22 bits per heavy atom. The number of benzene rings is 1. The highest BCUT2D eigenvalue weighted by atomic mass is 16.5. The number of likely N-dealkylation sites (N-methyl/N-ethyl adjacent to an activating group) is 1. The molecule has 1 aliphatic rings. The first-order chi connectivity index (χ1) is 13.0. The summed E-state index contributed by atoms with van der Waals surface area (Å²) in [6, 6.07) is 6.51. The number of unbranched alkanes of at least 4 members (excludes halogenated alkanes) is 2. The van der Waals surface area contributed by atoms with Crippen molar-refractivity contribution < 1.29 is 19.4 Å². The van der Waals surface area contributed by atoms with Crippen molar-refractivity contribution in [1.29, 1.82) is 0 Å². The van der Waals surface area contributed by atoms with Gasteiger partial charge < -0.3 is 19.6 Å². The molecule has 0 unspecified atom stereocenters. The van der Waals surface area contributed by atoms with Crippen LogP contribution < -0.4 is 4.74 Å². The van der Waals surface area contributed by atoms with Crippen LogP contribution in [0.5, 0.6) is 5.75 Å². The predicted molar refractivity (Wildman–Crippen MR) is 104 cm³/mol. The van der Waals surface area contributed by atoms with Gasteiger partial charge in [0.15, 0.2) is 0 Å². The Kier molecular flexibility index (Phi) is 8.54. The van der Waals surface area contributed by atoms with E-state index in [4.69, 9.17) is 9.84 Å². The number of aromatic carboxylic acids is 1. The molecular formula is C20H31N3O4. The molecule has 1 heterocycles. The van der Waals surface area contributed by atoms with Crippen molar-refractivity contribution in [2.24, 2.45) is 0 Å². The highest BCUT2D eigenvalue weighted by Gasteiger charge is 2.19. The number of rotatable bonds is 10. The SMILES string of the molecule is CN(C)C(=O)CN1CCN(CCCCCOc2ccc(C(=O)O)cc2)CC1. The number of carboxylic acids is 1. The minimum absolute atomic E-state index is 0.168. The molecule has 1 aromatic carbocycles. The summed E-state index contributed by atoms with van der Waals surface area (Å²) >= 11 is 0. The third-order valence-corrected chi connectivity index (χ3v) is 4.81. The van der Waals surface area contributed by atoms with Crippen LogP contribution in [0.15, 0.2) is 24.3 Å².